The molecular formula is C21H34N2S. The zero-order valence-corrected chi connectivity index (χ0v) is 16.6. The van der Waals surface area contributed by atoms with E-state index in [-0.39, 0.29) is 0 Å². The fourth-order valence-electron chi connectivity index (χ4n) is 3.46. The minimum absolute atomic E-state index is 0.777. The summed E-state index contributed by atoms with van der Waals surface area (Å²) >= 11 is 1.82. The molecule has 24 heavy (non-hydrogen) atoms. The molecule has 2 nitrogen and oxygen atoms in total. The highest BCUT2D eigenvalue weighted by atomic mass is 32.1. The molecule has 1 saturated carbocycles. The van der Waals surface area contributed by atoms with Crippen LogP contribution in [0.2, 0.25) is 0 Å². The summed E-state index contributed by atoms with van der Waals surface area (Å²) in [6, 6.07) is 0.777. The lowest BCUT2D eigenvalue weighted by atomic mass is 9.94. The fourth-order valence-corrected chi connectivity index (χ4v) is 4.29. The Bertz CT molecular complexity index is 524. The van der Waals surface area contributed by atoms with E-state index in [1.807, 2.05) is 11.3 Å². The molecule has 1 aromatic rings. The van der Waals surface area contributed by atoms with E-state index in [1.165, 1.54) is 62.1 Å². The fraction of sp³-hybridized carbons (Fsp3) is 0.667. The van der Waals surface area contributed by atoms with Gasteiger partial charge in [-0.05, 0) is 44.7 Å². The van der Waals surface area contributed by atoms with Gasteiger partial charge in [-0.15, -0.1) is 11.3 Å². The molecule has 0 amide bonds. The van der Waals surface area contributed by atoms with E-state index in [2.05, 4.69) is 49.3 Å². The Labute approximate surface area is 152 Å². The van der Waals surface area contributed by atoms with Gasteiger partial charge >= 0.3 is 0 Å². The molecule has 0 spiro atoms. The highest BCUT2D eigenvalue weighted by molar-refractivity contribution is 7.09. The summed E-state index contributed by atoms with van der Waals surface area (Å²) < 4.78 is 0. The van der Waals surface area contributed by atoms with Gasteiger partial charge in [0.05, 0.1) is 12.2 Å². The van der Waals surface area contributed by atoms with Gasteiger partial charge in [0.2, 0.25) is 0 Å². The maximum Gasteiger partial charge on any atom is 0.107 e. The maximum atomic E-state index is 4.93. The molecule has 1 aromatic heterocycles. The van der Waals surface area contributed by atoms with Crippen LogP contribution in [0, 0.1) is 0 Å². The molecule has 1 aliphatic carbocycles. The van der Waals surface area contributed by atoms with Crippen molar-refractivity contribution < 1.29 is 0 Å². The molecule has 0 aromatic carbocycles. The molecule has 0 aliphatic heterocycles. The van der Waals surface area contributed by atoms with Gasteiger partial charge < -0.3 is 0 Å². The van der Waals surface area contributed by atoms with Gasteiger partial charge in [-0.2, -0.15) is 0 Å². The van der Waals surface area contributed by atoms with E-state index < -0.39 is 0 Å². The van der Waals surface area contributed by atoms with Crippen LogP contribution < -0.4 is 0 Å². The van der Waals surface area contributed by atoms with Crippen LogP contribution in [0.15, 0.2) is 23.6 Å². The first-order valence-corrected chi connectivity index (χ1v) is 10.7. The van der Waals surface area contributed by atoms with Crippen molar-refractivity contribution in [3.8, 4) is 0 Å². The van der Waals surface area contributed by atoms with Crippen LogP contribution in [0.4, 0.5) is 0 Å². The molecule has 0 radical (unpaired) electrons. The summed E-state index contributed by atoms with van der Waals surface area (Å²) in [5, 5.41) is 3.50. The largest absolute Gasteiger partial charge is 0.294 e. The van der Waals surface area contributed by atoms with Crippen molar-refractivity contribution >= 4 is 16.9 Å². The van der Waals surface area contributed by atoms with Crippen LogP contribution in [0.5, 0.6) is 0 Å². The van der Waals surface area contributed by atoms with E-state index in [0.29, 0.717) is 0 Å². The summed E-state index contributed by atoms with van der Waals surface area (Å²) in [6.45, 7) is 8.82. The number of aromatic nitrogens is 1. The van der Waals surface area contributed by atoms with Gasteiger partial charge in [0, 0.05) is 11.4 Å². The van der Waals surface area contributed by atoms with Crippen LogP contribution in [-0.4, -0.2) is 22.5 Å². The number of hydrogen-bond donors (Lipinski definition) is 0. The van der Waals surface area contributed by atoms with Crippen LogP contribution >= 0.6 is 11.3 Å². The predicted molar refractivity (Wildman–Crippen MR) is 107 cm³/mol. The molecular weight excluding hydrogens is 312 g/mol. The van der Waals surface area contributed by atoms with Crippen molar-refractivity contribution in [3.63, 3.8) is 0 Å². The number of allylic oxidation sites excluding steroid dienone is 4. The summed E-state index contributed by atoms with van der Waals surface area (Å²) in [5.41, 5.74) is 2.39. The van der Waals surface area contributed by atoms with Crippen LogP contribution in [0.3, 0.4) is 0 Å². The monoisotopic (exact) mass is 346 g/mol. The van der Waals surface area contributed by atoms with Gasteiger partial charge in [-0.1, -0.05) is 57.8 Å². The van der Waals surface area contributed by atoms with Gasteiger partial charge in [0.1, 0.15) is 5.01 Å². The van der Waals surface area contributed by atoms with Crippen LogP contribution in [0.1, 0.15) is 82.8 Å². The topological polar surface area (TPSA) is 16.1 Å². The molecule has 134 valence electrons. The van der Waals surface area contributed by atoms with Crippen molar-refractivity contribution in [1.29, 1.82) is 0 Å². The first kappa shape index (κ1) is 19.4. The molecule has 1 heterocycles. The lowest BCUT2D eigenvalue weighted by Crippen LogP contribution is -2.37. The van der Waals surface area contributed by atoms with Crippen LogP contribution in [-0.2, 0) is 6.54 Å². The second kappa shape index (κ2) is 10.8. The molecule has 0 saturated heterocycles. The number of rotatable bonds is 9. The Morgan fingerprint density at radius 3 is 2.75 bits per heavy atom. The minimum atomic E-state index is 0.777. The summed E-state index contributed by atoms with van der Waals surface area (Å²) in [6.07, 6.45) is 17.2. The molecule has 2 rings (SSSR count). The molecule has 0 unspecified atom stereocenters. The van der Waals surface area contributed by atoms with Crippen molar-refractivity contribution in [2.75, 3.05) is 6.54 Å². The lowest BCUT2D eigenvalue weighted by Gasteiger charge is -2.33. The summed E-state index contributed by atoms with van der Waals surface area (Å²) in [7, 11) is 0. The molecule has 0 atom stereocenters. The third kappa shape index (κ3) is 5.86. The Morgan fingerprint density at radius 2 is 2.08 bits per heavy atom. The van der Waals surface area contributed by atoms with Crippen molar-refractivity contribution in [3.05, 3.63) is 34.3 Å². The zero-order valence-electron chi connectivity index (χ0n) is 15.8. The van der Waals surface area contributed by atoms with E-state index in [1.54, 1.807) is 0 Å². The predicted octanol–water partition coefficient (Wildman–Crippen LogP) is 6.45. The first-order chi connectivity index (χ1) is 11.8. The number of thiazole rings is 1. The quantitative estimate of drug-likeness (QED) is 0.478. The zero-order chi connectivity index (χ0) is 17.2. The normalized spacial score (nSPS) is 17.2. The summed E-state index contributed by atoms with van der Waals surface area (Å²) in [4.78, 5) is 7.65. The average molecular weight is 347 g/mol. The highest BCUT2D eigenvalue weighted by Gasteiger charge is 2.21. The smallest absolute Gasteiger partial charge is 0.107 e. The van der Waals surface area contributed by atoms with Gasteiger partial charge in [0.15, 0.2) is 0 Å². The van der Waals surface area contributed by atoms with Gasteiger partial charge in [-0.3, -0.25) is 4.90 Å². The SMILES string of the molecule is C/C=C(\C=C/CC)c1csc(CN(CCCC)C2CCCCC2)n1. The van der Waals surface area contributed by atoms with Crippen molar-refractivity contribution in [2.45, 2.75) is 84.7 Å². The van der Waals surface area contributed by atoms with Gasteiger partial charge in [0.25, 0.3) is 0 Å². The van der Waals surface area contributed by atoms with Gasteiger partial charge in [-0.25, -0.2) is 4.98 Å². The van der Waals surface area contributed by atoms with E-state index >= 15 is 0 Å². The second-order valence-electron chi connectivity index (χ2n) is 6.80. The maximum absolute atomic E-state index is 4.93. The summed E-state index contributed by atoms with van der Waals surface area (Å²) in [5.74, 6) is 0. The Morgan fingerprint density at radius 1 is 1.29 bits per heavy atom. The highest BCUT2D eigenvalue weighted by Crippen LogP contribution is 2.26. The molecule has 0 N–H and O–H groups in total. The lowest BCUT2D eigenvalue weighted by molar-refractivity contribution is 0.146. The third-order valence-corrected chi connectivity index (χ3v) is 5.75. The molecule has 3 heteroatoms. The standard InChI is InChI=1S/C21H34N2S/c1-4-7-12-18(6-3)20-17-24-21(22-20)16-23(15-8-5-2)19-13-10-9-11-14-19/h6-7,12,17,19H,4-5,8-11,13-16H2,1-3H3/b12-7-,18-6+. The molecule has 1 fully saturated rings. The second-order valence-corrected chi connectivity index (χ2v) is 7.74. The molecule has 1 aliphatic rings. The van der Waals surface area contributed by atoms with E-state index in [4.69, 9.17) is 4.98 Å². The average Bonchev–Trinajstić information content (AvgIpc) is 3.08. The Balaban J connectivity index is 2.04. The minimum Gasteiger partial charge on any atom is -0.294 e. The van der Waals surface area contributed by atoms with E-state index in [9.17, 15) is 0 Å². The third-order valence-electron chi connectivity index (χ3n) is 4.92. The van der Waals surface area contributed by atoms with E-state index in [0.717, 1.165) is 24.7 Å². The molecule has 0 bridgehead atoms. The van der Waals surface area contributed by atoms with Crippen LogP contribution in [0.25, 0.3) is 5.57 Å². The number of nitrogens with zero attached hydrogens (tertiary/aromatic N) is 2. The Kier molecular flexibility index (Phi) is 8.76. The van der Waals surface area contributed by atoms with Crippen molar-refractivity contribution in [2.24, 2.45) is 0 Å². The number of hydrogen-bond acceptors (Lipinski definition) is 3. The Hall–Kier alpha value is -0.930. The number of unbranched alkanes of at least 4 members (excludes halogenated alkanes) is 1. The van der Waals surface area contributed by atoms with Crippen molar-refractivity contribution in [1.82, 2.24) is 9.88 Å². The first-order valence-electron chi connectivity index (χ1n) is 9.80.